The maximum absolute atomic E-state index is 12.3. The minimum Gasteiger partial charge on any atom is -0.459 e. The third-order valence-corrected chi connectivity index (χ3v) is 4.29. The molecule has 2 heterocycles. The molecule has 0 atom stereocenters. The van der Waals surface area contributed by atoms with E-state index in [1.807, 2.05) is 36.4 Å². The molecular formula is C21H18N4O4. The van der Waals surface area contributed by atoms with Crippen molar-refractivity contribution in [3.63, 3.8) is 0 Å². The van der Waals surface area contributed by atoms with Crippen molar-refractivity contribution < 1.29 is 18.5 Å². The van der Waals surface area contributed by atoms with Crippen LogP contribution < -0.4 is 10.6 Å². The zero-order chi connectivity index (χ0) is 20.1. The number of nitrogens with zero attached hydrogens (tertiary/aromatic N) is 2. The van der Waals surface area contributed by atoms with Crippen LogP contribution in [0.25, 0.3) is 22.4 Å². The van der Waals surface area contributed by atoms with E-state index < -0.39 is 0 Å². The van der Waals surface area contributed by atoms with Gasteiger partial charge in [-0.2, -0.15) is 4.98 Å². The summed E-state index contributed by atoms with van der Waals surface area (Å²) in [7, 11) is 0. The zero-order valence-electron chi connectivity index (χ0n) is 15.4. The van der Waals surface area contributed by atoms with Gasteiger partial charge in [-0.05, 0) is 35.0 Å². The molecule has 29 heavy (non-hydrogen) atoms. The molecule has 4 rings (SSSR count). The Bertz CT molecular complexity index is 1130. The summed E-state index contributed by atoms with van der Waals surface area (Å²) in [4.78, 5) is 28.4. The van der Waals surface area contributed by atoms with Crippen LogP contribution in [0.5, 0.6) is 0 Å². The molecule has 0 radical (unpaired) electrons. The summed E-state index contributed by atoms with van der Waals surface area (Å²) in [6.07, 6.45) is 1.65. The number of amides is 2. The Kier molecular flexibility index (Phi) is 5.33. The van der Waals surface area contributed by atoms with E-state index in [1.54, 1.807) is 18.2 Å². The molecular weight excluding hydrogens is 372 g/mol. The summed E-state index contributed by atoms with van der Waals surface area (Å²) in [5, 5.41) is 11.3. The second-order valence-corrected chi connectivity index (χ2v) is 6.34. The fourth-order valence-electron chi connectivity index (χ4n) is 2.81. The van der Waals surface area contributed by atoms with Crippen LogP contribution in [-0.4, -0.2) is 28.5 Å². The Hall–Kier alpha value is -3.94. The first-order valence-electron chi connectivity index (χ1n) is 9.09. The number of carbonyl (C=O) groups is 2. The van der Waals surface area contributed by atoms with E-state index in [1.165, 1.54) is 6.26 Å². The molecule has 4 aromatic rings. The van der Waals surface area contributed by atoms with Gasteiger partial charge in [0.2, 0.25) is 5.91 Å². The Morgan fingerprint density at radius 3 is 2.66 bits per heavy atom. The molecule has 2 aromatic heterocycles. The summed E-state index contributed by atoms with van der Waals surface area (Å²) in [5.74, 6) is 0.608. The van der Waals surface area contributed by atoms with E-state index in [-0.39, 0.29) is 37.2 Å². The highest BCUT2D eigenvalue weighted by molar-refractivity contribution is 5.98. The van der Waals surface area contributed by atoms with Gasteiger partial charge in [-0.3, -0.25) is 9.59 Å². The highest BCUT2D eigenvalue weighted by Crippen LogP contribution is 2.17. The lowest BCUT2D eigenvalue weighted by atomic mass is 10.1. The maximum Gasteiger partial charge on any atom is 0.293 e. The Labute approximate surface area is 165 Å². The molecule has 0 saturated heterocycles. The molecule has 0 saturated carbocycles. The molecule has 0 bridgehead atoms. The van der Waals surface area contributed by atoms with Crippen molar-refractivity contribution in [1.29, 1.82) is 0 Å². The molecule has 0 unspecified atom stereocenters. The van der Waals surface area contributed by atoms with E-state index in [9.17, 15) is 9.59 Å². The summed E-state index contributed by atoms with van der Waals surface area (Å²) in [6, 6.07) is 16.7. The number of fused-ring (bicyclic) bond motifs is 1. The Morgan fingerprint density at radius 1 is 0.966 bits per heavy atom. The second kappa shape index (κ2) is 8.39. The predicted molar refractivity (Wildman–Crippen MR) is 105 cm³/mol. The van der Waals surface area contributed by atoms with Gasteiger partial charge in [0.05, 0.1) is 12.8 Å². The van der Waals surface area contributed by atoms with Crippen LogP contribution >= 0.6 is 0 Å². The van der Waals surface area contributed by atoms with Gasteiger partial charge in [0.15, 0.2) is 11.6 Å². The van der Waals surface area contributed by atoms with E-state index >= 15 is 0 Å². The first-order chi connectivity index (χ1) is 14.2. The van der Waals surface area contributed by atoms with Crippen molar-refractivity contribution in [1.82, 2.24) is 20.8 Å². The summed E-state index contributed by atoms with van der Waals surface area (Å²) in [6.45, 7) is 0.350. The van der Waals surface area contributed by atoms with Crippen LogP contribution in [0.4, 0.5) is 0 Å². The lowest BCUT2D eigenvalue weighted by molar-refractivity contribution is -0.121. The van der Waals surface area contributed by atoms with Crippen molar-refractivity contribution in [2.75, 3.05) is 6.54 Å². The number of rotatable bonds is 7. The van der Waals surface area contributed by atoms with Gasteiger partial charge in [0, 0.05) is 18.5 Å². The standard InChI is InChI=1S/C21H18N4O4/c26-19(23-13-18-24-21(29-25-18)17-6-3-11-28-17)9-10-22-20(27)16-8-7-14-4-1-2-5-15(14)12-16/h1-8,11-12H,9-10,13H2,(H,22,27)(H,23,26). The molecule has 146 valence electrons. The van der Waals surface area contributed by atoms with Gasteiger partial charge in [-0.1, -0.05) is 35.5 Å². The van der Waals surface area contributed by atoms with Gasteiger partial charge in [-0.15, -0.1) is 0 Å². The minimum absolute atomic E-state index is 0.127. The minimum atomic E-state index is -0.229. The number of hydrogen-bond acceptors (Lipinski definition) is 6. The SMILES string of the molecule is O=C(CCNC(=O)c1ccc2ccccc2c1)NCc1noc(-c2ccco2)n1. The monoisotopic (exact) mass is 390 g/mol. The lowest BCUT2D eigenvalue weighted by Crippen LogP contribution is -2.30. The van der Waals surface area contributed by atoms with Crippen LogP contribution in [0, 0.1) is 0 Å². The van der Waals surface area contributed by atoms with E-state index in [0.717, 1.165) is 10.8 Å². The first kappa shape index (κ1) is 18.4. The lowest BCUT2D eigenvalue weighted by Gasteiger charge is -2.06. The molecule has 0 aliphatic carbocycles. The summed E-state index contributed by atoms with van der Waals surface area (Å²) >= 11 is 0. The quantitative estimate of drug-likeness (QED) is 0.502. The molecule has 2 amide bonds. The van der Waals surface area contributed by atoms with Gasteiger partial charge >= 0.3 is 0 Å². The summed E-state index contributed by atoms with van der Waals surface area (Å²) < 4.78 is 10.2. The third-order valence-electron chi connectivity index (χ3n) is 4.29. The van der Waals surface area contributed by atoms with Crippen LogP contribution in [0.3, 0.4) is 0 Å². The fraction of sp³-hybridized carbons (Fsp3) is 0.143. The fourth-order valence-corrected chi connectivity index (χ4v) is 2.81. The van der Waals surface area contributed by atoms with Gasteiger partial charge in [-0.25, -0.2) is 0 Å². The number of benzene rings is 2. The van der Waals surface area contributed by atoms with Crippen molar-refractivity contribution in [3.05, 3.63) is 72.2 Å². The maximum atomic E-state index is 12.3. The van der Waals surface area contributed by atoms with Crippen LogP contribution in [0.2, 0.25) is 0 Å². The summed E-state index contributed by atoms with van der Waals surface area (Å²) in [5.41, 5.74) is 0.557. The average molecular weight is 390 g/mol. The largest absolute Gasteiger partial charge is 0.459 e. The Morgan fingerprint density at radius 2 is 1.83 bits per heavy atom. The number of hydrogen-bond donors (Lipinski definition) is 2. The Balaban J connectivity index is 1.23. The molecule has 8 heteroatoms. The van der Waals surface area contributed by atoms with E-state index in [2.05, 4.69) is 20.8 Å². The van der Waals surface area contributed by atoms with Crippen molar-refractivity contribution in [2.45, 2.75) is 13.0 Å². The van der Waals surface area contributed by atoms with Crippen molar-refractivity contribution in [3.8, 4) is 11.7 Å². The molecule has 0 aliphatic heterocycles. The number of nitrogens with one attached hydrogen (secondary N) is 2. The third kappa shape index (κ3) is 4.49. The molecule has 2 N–H and O–H groups in total. The van der Waals surface area contributed by atoms with Crippen LogP contribution in [-0.2, 0) is 11.3 Å². The molecule has 2 aromatic carbocycles. The number of aromatic nitrogens is 2. The molecule has 0 aliphatic rings. The number of carbonyl (C=O) groups excluding carboxylic acids is 2. The molecule has 0 spiro atoms. The highest BCUT2D eigenvalue weighted by Gasteiger charge is 2.12. The smallest absolute Gasteiger partial charge is 0.293 e. The first-order valence-corrected chi connectivity index (χ1v) is 9.09. The molecule has 8 nitrogen and oxygen atoms in total. The van der Waals surface area contributed by atoms with Crippen molar-refractivity contribution >= 4 is 22.6 Å². The second-order valence-electron chi connectivity index (χ2n) is 6.34. The number of furan rings is 1. The van der Waals surface area contributed by atoms with E-state index in [0.29, 0.717) is 17.1 Å². The topological polar surface area (TPSA) is 110 Å². The van der Waals surface area contributed by atoms with Gasteiger partial charge in [0.1, 0.15) is 0 Å². The average Bonchev–Trinajstić information content (AvgIpc) is 3.43. The van der Waals surface area contributed by atoms with Gasteiger partial charge < -0.3 is 19.6 Å². The zero-order valence-corrected chi connectivity index (χ0v) is 15.4. The van der Waals surface area contributed by atoms with Crippen LogP contribution in [0.1, 0.15) is 22.6 Å². The van der Waals surface area contributed by atoms with Crippen LogP contribution in [0.15, 0.2) is 69.8 Å². The predicted octanol–water partition coefficient (Wildman–Crippen LogP) is 2.92. The normalized spacial score (nSPS) is 10.8. The molecule has 0 fully saturated rings. The van der Waals surface area contributed by atoms with Gasteiger partial charge in [0.25, 0.3) is 11.8 Å². The highest BCUT2D eigenvalue weighted by atomic mass is 16.5. The van der Waals surface area contributed by atoms with Crippen molar-refractivity contribution in [2.24, 2.45) is 0 Å². The van der Waals surface area contributed by atoms with E-state index in [4.69, 9.17) is 8.94 Å².